The molecule has 1 aliphatic rings. The molecule has 0 radical (unpaired) electrons. The zero-order valence-electron chi connectivity index (χ0n) is 9.35. The third-order valence-electron chi connectivity index (χ3n) is 2.78. The molecule has 90 valence electrons. The van der Waals surface area contributed by atoms with Gasteiger partial charge in [-0.2, -0.15) is 9.97 Å². The second-order valence-electron chi connectivity index (χ2n) is 4.04. The van der Waals surface area contributed by atoms with Crippen molar-refractivity contribution < 1.29 is 4.74 Å². The standard InChI is InChI=1S/C10H12ClN5O/c1-6-4-16(2-3-17-6)9-7-8(13-5-12-7)14-10(11)15-9/h5-6H,2-4H2,1H3,(H,12,13,14,15). The zero-order valence-corrected chi connectivity index (χ0v) is 10.1. The van der Waals surface area contributed by atoms with Crippen molar-refractivity contribution in [1.29, 1.82) is 0 Å². The van der Waals surface area contributed by atoms with Gasteiger partial charge in [0.2, 0.25) is 5.28 Å². The molecule has 1 atom stereocenters. The molecule has 1 saturated heterocycles. The van der Waals surface area contributed by atoms with E-state index in [1.54, 1.807) is 6.33 Å². The van der Waals surface area contributed by atoms with Crippen LogP contribution in [0.3, 0.4) is 0 Å². The fourth-order valence-electron chi connectivity index (χ4n) is 2.03. The van der Waals surface area contributed by atoms with Crippen molar-refractivity contribution in [2.75, 3.05) is 24.6 Å². The van der Waals surface area contributed by atoms with Crippen LogP contribution in [0.4, 0.5) is 5.82 Å². The first-order chi connectivity index (χ1) is 8.24. The number of nitrogens with zero attached hydrogens (tertiary/aromatic N) is 4. The van der Waals surface area contributed by atoms with E-state index >= 15 is 0 Å². The summed E-state index contributed by atoms with van der Waals surface area (Å²) >= 11 is 5.90. The summed E-state index contributed by atoms with van der Waals surface area (Å²) in [6.45, 7) is 4.32. The Labute approximate surface area is 103 Å². The largest absolute Gasteiger partial charge is 0.375 e. The first-order valence-corrected chi connectivity index (χ1v) is 5.85. The highest BCUT2D eigenvalue weighted by Crippen LogP contribution is 2.24. The van der Waals surface area contributed by atoms with E-state index in [1.807, 2.05) is 6.92 Å². The topological polar surface area (TPSA) is 66.9 Å². The minimum absolute atomic E-state index is 0.190. The zero-order chi connectivity index (χ0) is 11.8. The number of H-pyrrole nitrogens is 1. The summed E-state index contributed by atoms with van der Waals surface area (Å²) < 4.78 is 5.51. The first kappa shape index (κ1) is 10.7. The lowest BCUT2D eigenvalue weighted by Gasteiger charge is -2.32. The Morgan fingerprint density at radius 2 is 2.41 bits per heavy atom. The minimum atomic E-state index is 0.190. The molecule has 1 N–H and O–H groups in total. The van der Waals surface area contributed by atoms with E-state index in [9.17, 15) is 0 Å². The van der Waals surface area contributed by atoms with Gasteiger partial charge >= 0.3 is 0 Å². The number of hydrogen-bond acceptors (Lipinski definition) is 5. The van der Waals surface area contributed by atoms with Crippen molar-refractivity contribution in [2.24, 2.45) is 0 Å². The van der Waals surface area contributed by atoms with Crippen LogP contribution < -0.4 is 4.90 Å². The molecule has 0 aromatic carbocycles. The van der Waals surface area contributed by atoms with Crippen LogP contribution in [0, 0.1) is 0 Å². The molecule has 0 spiro atoms. The number of morpholine rings is 1. The van der Waals surface area contributed by atoms with Gasteiger partial charge in [0.15, 0.2) is 11.5 Å². The Hall–Kier alpha value is -1.40. The van der Waals surface area contributed by atoms with Crippen molar-refractivity contribution in [3.8, 4) is 0 Å². The minimum Gasteiger partial charge on any atom is -0.375 e. The van der Waals surface area contributed by atoms with Gasteiger partial charge in [0.25, 0.3) is 0 Å². The van der Waals surface area contributed by atoms with Gasteiger partial charge in [0.1, 0.15) is 5.52 Å². The molecule has 0 saturated carbocycles. The van der Waals surface area contributed by atoms with Crippen LogP contribution in [0.1, 0.15) is 6.92 Å². The maximum absolute atomic E-state index is 5.90. The predicted octanol–water partition coefficient (Wildman–Crippen LogP) is 1.23. The Kier molecular flexibility index (Phi) is 2.60. The molecular formula is C10H12ClN5O. The number of aromatic nitrogens is 4. The van der Waals surface area contributed by atoms with Gasteiger partial charge in [0.05, 0.1) is 19.0 Å². The van der Waals surface area contributed by atoms with Gasteiger partial charge in [-0.05, 0) is 18.5 Å². The van der Waals surface area contributed by atoms with Crippen molar-refractivity contribution in [1.82, 2.24) is 19.9 Å². The van der Waals surface area contributed by atoms with E-state index in [1.165, 1.54) is 0 Å². The highest BCUT2D eigenvalue weighted by molar-refractivity contribution is 6.28. The normalized spacial score (nSPS) is 21.1. The summed E-state index contributed by atoms with van der Waals surface area (Å²) in [6, 6.07) is 0. The number of fused-ring (bicyclic) bond motifs is 1. The third-order valence-corrected chi connectivity index (χ3v) is 2.95. The second-order valence-corrected chi connectivity index (χ2v) is 4.38. The Morgan fingerprint density at radius 3 is 3.24 bits per heavy atom. The monoisotopic (exact) mass is 253 g/mol. The van der Waals surface area contributed by atoms with Crippen LogP contribution in [0.25, 0.3) is 11.2 Å². The number of halogens is 1. The Morgan fingerprint density at radius 1 is 1.53 bits per heavy atom. The van der Waals surface area contributed by atoms with Crippen LogP contribution in [0.15, 0.2) is 6.33 Å². The Bertz CT molecular complexity index is 542. The van der Waals surface area contributed by atoms with Crippen LogP contribution in [0.2, 0.25) is 5.28 Å². The van der Waals surface area contributed by atoms with Crippen LogP contribution in [-0.2, 0) is 4.74 Å². The molecule has 17 heavy (non-hydrogen) atoms. The van der Waals surface area contributed by atoms with E-state index in [0.717, 1.165) is 24.4 Å². The van der Waals surface area contributed by atoms with E-state index in [-0.39, 0.29) is 11.4 Å². The maximum Gasteiger partial charge on any atom is 0.226 e. The molecular weight excluding hydrogens is 242 g/mol. The summed E-state index contributed by atoms with van der Waals surface area (Å²) in [7, 11) is 0. The van der Waals surface area contributed by atoms with Crippen molar-refractivity contribution in [2.45, 2.75) is 13.0 Å². The molecule has 1 fully saturated rings. The second kappa shape index (κ2) is 4.12. The summed E-state index contributed by atoms with van der Waals surface area (Å²) in [6.07, 6.45) is 1.79. The van der Waals surface area contributed by atoms with Crippen LogP contribution in [0.5, 0.6) is 0 Å². The fraction of sp³-hybridized carbons (Fsp3) is 0.500. The van der Waals surface area contributed by atoms with Crippen molar-refractivity contribution >= 4 is 28.6 Å². The highest BCUT2D eigenvalue weighted by atomic mass is 35.5. The van der Waals surface area contributed by atoms with Gasteiger partial charge in [-0.15, -0.1) is 0 Å². The molecule has 3 rings (SSSR count). The molecule has 2 aromatic rings. The highest BCUT2D eigenvalue weighted by Gasteiger charge is 2.21. The van der Waals surface area contributed by atoms with Gasteiger partial charge < -0.3 is 14.6 Å². The Balaban J connectivity index is 2.06. The average molecular weight is 254 g/mol. The summed E-state index contributed by atoms with van der Waals surface area (Å²) in [5.74, 6) is 0.799. The lowest BCUT2D eigenvalue weighted by atomic mass is 10.3. The van der Waals surface area contributed by atoms with Gasteiger partial charge in [-0.25, -0.2) is 4.98 Å². The maximum atomic E-state index is 5.90. The molecule has 3 heterocycles. The molecule has 0 amide bonds. The van der Waals surface area contributed by atoms with E-state index in [0.29, 0.717) is 12.3 Å². The molecule has 1 aliphatic heterocycles. The van der Waals surface area contributed by atoms with E-state index in [4.69, 9.17) is 16.3 Å². The number of anilines is 1. The lowest BCUT2D eigenvalue weighted by Crippen LogP contribution is -2.41. The van der Waals surface area contributed by atoms with Gasteiger partial charge in [0, 0.05) is 13.1 Å². The molecule has 1 unspecified atom stereocenters. The van der Waals surface area contributed by atoms with Crippen LogP contribution >= 0.6 is 11.6 Å². The number of hydrogen-bond donors (Lipinski definition) is 1. The number of ether oxygens (including phenoxy) is 1. The summed E-state index contributed by atoms with van der Waals surface area (Å²) in [4.78, 5) is 17.6. The molecule has 7 heteroatoms. The smallest absolute Gasteiger partial charge is 0.226 e. The quantitative estimate of drug-likeness (QED) is 0.775. The molecule has 6 nitrogen and oxygen atoms in total. The lowest BCUT2D eigenvalue weighted by molar-refractivity contribution is 0.0530. The molecule has 2 aromatic heterocycles. The van der Waals surface area contributed by atoms with E-state index in [2.05, 4.69) is 24.8 Å². The van der Waals surface area contributed by atoms with Gasteiger partial charge in [-0.3, -0.25) is 0 Å². The van der Waals surface area contributed by atoms with Crippen molar-refractivity contribution in [3.63, 3.8) is 0 Å². The third kappa shape index (κ3) is 1.94. The number of rotatable bonds is 1. The molecule has 0 aliphatic carbocycles. The molecule has 0 bridgehead atoms. The van der Waals surface area contributed by atoms with Gasteiger partial charge in [-0.1, -0.05) is 0 Å². The van der Waals surface area contributed by atoms with Crippen LogP contribution in [-0.4, -0.2) is 45.7 Å². The predicted molar refractivity (Wildman–Crippen MR) is 64.3 cm³/mol. The number of nitrogens with one attached hydrogen (secondary N) is 1. The average Bonchev–Trinajstić information content (AvgIpc) is 2.75. The van der Waals surface area contributed by atoms with Crippen molar-refractivity contribution in [3.05, 3.63) is 11.6 Å². The van der Waals surface area contributed by atoms with E-state index < -0.39 is 0 Å². The SMILES string of the molecule is CC1CN(c2nc(Cl)nc3nc[nH]c23)CCO1. The summed E-state index contributed by atoms with van der Waals surface area (Å²) in [5, 5.41) is 0.221. The number of aromatic amines is 1. The summed E-state index contributed by atoms with van der Waals surface area (Å²) in [5.41, 5.74) is 1.42. The first-order valence-electron chi connectivity index (χ1n) is 5.47. The fourth-order valence-corrected chi connectivity index (χ4v) is 2.19. The number of imidazole rings is 1.